The number of methoxy groups -OCH3 is 1. The smallest absolute Gasteiger partial charge is 0.336 e. The second kappa shape index (κ2) is 11.0. The van der Waals surface area contributed by atoms with Crippen molar-refractivity contribution in [3.05, 3.63) is 77.3 Å². The molecule has 34 heavy (non-hydrogen) atoms. The summed E-state index contributed by atoms with van der Waals surface area (Å²) in [6.45, 7) is 3.89. The molecule has 3 unspecified atom stereocenters. The van der Waals surface area contributed by atoms with Gasteiger partial charge in [-0.1, -0.05) is 24.3 Å². The average molecular weight is 466 g/mol. The lowest BCUT2D eigenvalue weighted by Crippen LogP contribution is -2.56. The number of aromatic nitrogens is 1. The number of nitrogens with zero attached hydrogens (tertiary/aromatic N) is 1. The minimum atomic E-state index is -1.38. The monoisotopic (exact) mass is 465 g/mol. The minimum Gasteiger partial charge on any atom is -0.481 e. The fraction of sp³-hybridized carbons (Fsp3) is 0.346. The molecule has 0 aliphatic carbocycles. The van der Waals surface area contributed by atoms with Crippen LogP contribution in [0, 0.1) is 5.41 Å². The SMILES string of the molecule is COCCOC(=O)C1=C(C)NC(C)C(C/C=C/c2ccncc2)(C(=O)O)C1c1cccc(N)c1. The summed E-state index contributed by atoms with van der Waals surface area (Å²) >= 11 is 0. The number of carboxylic acid groups (broad SMARTS) is 1. The van der Waals surface area contributed by atoms with Crippen LogP contribution in [-0.2, 0) is 19.1 Å². The van der Waals surface area contributed by atoms with Crippen molar-refractivity contribution in [2.45, 2.75) is 32.2 Å². The van der Waals surface area contributed by atoms with Crippen LogP contribution in [0.4, 0.5) is 5.69 Å². The Bertz CT molecular complexity index is 1080. The molecule has 0 saturated heterocycles. The van der Waals surface area contributed by atoms with E-state index in [-0.39, 0.29) is 25.2 Å². The molecule has 0 amide bonds. The summed E-state index contributed by atoms with van der Waals surface area (Å²) in [5, 5.41) is 13.9. The van der Waals surface area contributed by atoms with E-state index in [1.165, 1.54) is 7.11 Å². The number of anilines is 1. The summed E-state index contributed by atoms with van der Waals surface area (Å²) in [5.41, 5.74) is 7.57. The number of ether oxygens (including phenoxy) is 2. The Labute approximate surface area is 199 Å². The van der Waals surface area contributed by atoms with Crippen LogP contribution in [-0.4, -0.2) is 48.4 Å². The number of carbonyl (C=O) groups excluding carboxylic acids is 1. The van der Waals surface area contributed by atoms with E-state index >= 15 is 0 Å². The van der Waals surface area contributed by atoms with E-state index in [0.29, 0.717) is 16.9 Å². The highest BCUT2D eigenvalue weighted by atomic mass is 16.6. The Morgan fingerprint density at radius 1 is 1.24 bits per heavy atom. The molecule has 0 radical (unpaired) electrons. The maximum Gasteiger partial charge on any atom is 0.336 e. The van der Waals surface area contributed by atoms with Crippen molar-refractivity contribution in [1.29, 1.82) is 0 Å². The van der Waals surface area contributed by atoms with Crippen LogP contribution < -0.4 is 11.1 Å². The Balaban J connectivity index is 2.13. The topological polar surface area (TPSA) is 124 Å². The van der Waals surface area contributed by atoms with Gasteiger partial charge in [-0.15, -0.1) is 0 Å². The Morgan fingerprint density at radius 2 is 1.97 bits per heavy atom. The number of allylic oxidation sites excluding steroid dienone is 2. The average Bonchev–Trinajstić information content (AvgIpc) is 2.80. The van der Waals surface area contributed by atoms with Gasteiger partial charge in [0.25, 0.3) is 0 Å². The number of hydrogen-bond donors (Lipinski definition) is 3. The number of pyridine rings is 1. The number of carboxylic acids is 1. The van der Waals surface area contributed by atoms with Crippen molar-refractivity contribution in [2.24, 2.45) is 5.41 Å². The largest absolute Gasteiger partial charge is 0.481 e. The van der Waals surface area contributed by atoms with Gasteiger partial charge in [0.1, 0.15) is 12.0 Å². The number of benzene rings is 1. The van der Waals surface area contributed by atoms with E-state index in [2.05, 4.69) is 10.3 Å². The highest BCUT2D eigenvalue weighted by Gasteiger charge is 2.56. The second-order valence-electron chi connectivity index (χ2n) is 8.37. The molecule has 180 valence electrons. The first-order chi connectivity index (χ1) is 16.3. The second-order valence-corrected chi connectivity index (χ2v) is 8.37. The molecular formula is C26H31N3O5. The molecule has 1 aliphatic rings. The number of nitrogens with one attached hydrogen (secondary N) is 1. The molecule has 2 heterocycles. The third-order valence-corrected chi connectivity index (χ3v) is 6.27. The van der Waals surface area contributed by atoms with Gasteiger partial charge in [-0.3, -0.25) is 9.78 Å². The van der Waals surface area contributed by atoms with E-state index in [9.17, 15) is 14.7 Å². The standard InChI is InChI=1S/C26H31N3O5/c1-17-22(24(30)34-15-14-33-3)23(20-7-4-8-21(27)16-20)26(25(31)32,18(2)29-17)11-5-6-19-9-12-28-13-10-19/h4-10,12-13,16,18,23,29H,11,14-15,27H2,1-3H3,(H,31,32)/b6-5+. The van der Waals surface area contributed by atoms with Crippen LogP contribution in [0.15, 0.2) is 66.1 Å². The van der Waals surface area contributed by atoms with Gasteiger partial charge in [0.15, 0.2) is 0 Å². The molecular weight excluding hydrogens is 434 g/mol. The van der Waals surface area contributed by atoms with Crippen molar-refractivity contribution < 1.29 is 24.2 Å². The molecule has 2 aromatic rings. The Morgan fingerprint density at radius 3 is 2.62 bits per heavy atom. The lowest BCUT2D eigenvalue weighted by atomic mass is 9.60. The zero-order valence-corrected chi connectivity index (χ0v) is 19.7. The van der Waals surface area contributed by atoms with Crippen molar-refractivity contribution in [3.63, 3.8) is 0 Å². The molecule has 0 saturated carbocycles. The molecule has 0 spiro atoms. The first-order valence-corrected chi connectivity index (χ1v) is 11.1. The van der Waals surface area contributed by atoms with Gasteiger partial charge in [0.2, 0.25) is 0 Å². The van der Waals surface area contributed by atoms with Gasteiger partial charge in [-0.25, -0.2) is 4.79 Å². The summed E-state index contributed by atoms with van der Waals surface area (Å²) in [5.74, 6) is -2.39. The van der Waals surface area contributed by atoms with Crippen LogP contribution in [0.3, 0.4) is 0 Å². The summed E-state index contributed by atoms with van der Waals surface area (Å²) in [6.07, 6.45) is 7.20. The van der Waals surface area contributed by atoms with Crippen LogP contribution in [0.5, 0.6) is 0 Å². The van der Waals surface area contributed by atoms with Crippen molar-refractivity contribution in [3.8, 4) is 0 Å². The van der Waals surface area contributed by atoms with Gasteiger partial charge in [-0.2, -0.15) is 0 Å². The third kappa shape index (κ3) is 5.12. The third-order valence-electron chi connectivity index (χ3n) is 6.27. The zero-order chi connectivity index (χ0) is 24.7. The van der Waals surface area contributed by atoms with E-state index in [1.807, 2.05) is 31.2 Å². The van der Waals surface area contributed by atoms with Crippen molar-refractivity contribution in [2.75, 3.05) is 26.1 Å². The zero-order valence-electron chi connectivity index (χ0n) is 19.7. The molecule has 3 atom stereocenters. The van der Waals surface area contributed by atoms with Crippen molar-refractivity contribution >= 4 is 23.7 Å². The molecule has 3 rings (SSSR count). The predicted octanol–water partition coefficient (Wildman–Crippen LogP) is 3.38. The maximum atomic E-state index is 13.2. The number of rotatable bonds is 9. The number of carbonyl (C=O) groups is 2. The van der Waals surface area contributed by atoms with Crippen molar-refractivity contribution in [1.82, 2.24) is 10.3 Å². The van der Waals surface area contributed by atoms with E-state index < -0.39 is 29.3 Å². The normalized spacial score (nSPS) is 22.4. The molecule has 0 fully saturated rings. The van der Waals surface area contributed by atoms with E-state index in [0.717, 1.165) is 5.56 Å². The quantitative estimate of drug-likeness (QED) is 0.293. The molecule has 1 aliphatic heterocycles. The van der Waals surface area contributed by atoms with Crippen LogP contribution >= 0.6 is 0 Å². The first kappa shape index (κ1) is 25.0. The Hall–Kier alpha value is -3.65. The van der Waals surface area contributed by atoms with Crippen LogP contribution in [0.2, 0.25) is 0 Å². The fourth-order valence-electron chi connectivity index (χ4n) is 4.58. The fourth-order valence-corrected chi connectivity index (χ4v) is 4.58. The lowest BCUT2D eigenvalue weighted by molar-refractivity contribution is -0.153. The number of hydrogen-bond acceptors (Lipinski definition) is 7. The van der Waals surface area contributed by atoms with Gasteiger partial charge in [0.05, 0.1) is 12.2 Å². The van der Waals surface area contributed by atoms with Gasteiger partial charge in [0, 0.05) is 42.8 Å². The summed E-state index contributed by atoms with van der Waals surface area (Å²) in [4.78, 5) is 30.3. The molecule has 8 heteroatoms. The highest BCUT2D eigenvalue weighted by molar-refractivity contribution is 5.94. The predicted molar refractivity (Wildman–Crippen MR) is 130 cm³/mol. The number of esters is 1. The molecule has 0 bridgehead atoms. The lowest BCUT2D eigenvalue weighted by Gasteiger charge is -2.47. The van der Waals surface area contributed by atoms with E-state index in [4.69, 9.17) is 15.2 Å². The molecule has 1 aromatic heterocycles. The summed E-state index contributed by atoms with van der Waals surface area (Å²) < 4.78 is 10.4. The molecule has 8 nitrogen and oxygen atoms in total. The number of nitrogen functional groups attached to an aromatic ring is 1. The summed E-state index contributed by atoms with van der Waals surface area (Å²) in [7, 11) is 1.52. The van der Waals surface area contributed by atoms with Gasteiger partial charge in [-0.05, 0) is 55.7 Å². The van der Waals surface area contributed by atoms with Crippen LogP contribution in [0.1, 0.15) is 37.3 Å². The van der Waals surface area contributed by atoms with Gasteiger partial charge < -0.3 is 25.6 Å². The van der Waals surface area contributed by atoms with Crippen LogP contribution in [0.25, 0.3) is 6.08 Å². The molecule has 4 N–H and O–H groups in total. The first-order valence-electron chi connectivity index (χ1n) is 11.1. The number of nitrogens with two attached hydrogens (primary N) is 1. The Kier molecular flexibility index (Phi) is 8.07. The highest BCUT2D eigenvalue weighted by Crippen LogP contribution is 2.51. The maximum absolute atomic E-state index is 13.2. The molecule has 1 aromatic carbocycles. The minimum absolute atomic E-state index is 0.0628. The summed E-state index contributed by atoms with van der Waals surface area (Å²) in [6, 6.07) is 10.2. The van der Waals surface area contributed by atoms with Gasteiger partial charge >= 0.3 is 11.9 Å². The number of aliphatic carboxylic acids is 1. The van der Waals surface area contributed by atoms with E-state index in [1.54, 1.807) is 43.6 Å².